The average molecular weight is 286 g/mol. The van der Waals surface area contributed by atoms with Crippen molar-refractivity contribution in [3.8, 4) is 5.75 Å². The number of aliphatic carboxylic acids is 1. The van der Waals surface area contributed by atoms with Crippen molar-refractivity contribution < 1.29 is 20.1 Å². The highest BCUT2D eigenvalue weighted by atomic mass is 32.1. The van der Waals surface area contributed by atoms with E-state index < -0.39 is 12.1 Å². The van der Waals surface area contributed by atoms with Crippen molar-refractivity contribution in [1.29, 1.82) is 0 Å². The number of fused-ring (bicyclic) bond motifs is 1. The maximum atomic E-state index is 11.1. The lowest BCUT2D eigenvalue weighted by molar-refractivity contribution is -0.134. The molecule has 104 valence electrons. The van der Waals surface area contributed by atoms with Crippen LogP contribution >= 0.6 is 11.3 Å². The second-order valence-electron chi connectivity index (χ2n) is 3.66. The normalized spacial score (nSPS) is 11.7. The van der Waals surface area contributed by atoms with Crippen LogP contribution in [0.15, 0.2) is 16.9 Å². The number of aliphatic hydroxyl groups excluding tert-OH is 1. The van der Waals surface area contributed by atoms with Crippen molar-refractivity contribution in [2.75, 3.05) is 6.54 Å². The molecule has 0 bridgehead atoms. The highest BCUT2D eigenvalue weighted by molar-refractivity contribution is 7.16. The molecule has 2 rings (SSSR count). The zero-order valence-corrected chi connectivity index (χ0v) is 10.9. The minimum atomic E-state index is -0.833. The Morgan fingerprint density at radius 1 is 1.53 bits per heavy atom. The molecule has 0 saturated carbocycles. The molecule has 0 amide bonds. The first-order chi connectivity index (χ1) is 8.86. The van der Waals surface area contributed by atoms with Gasteiger partial charge in [0.2, 0.25) is 0 Å². The molecule has 1 heterocycles. The highest BCUT2D eigenvalue weighted by Gasteiger charge is 2.14. The quantitative estimate of drug-likeness (QED) is 0.541. The van der Waals surface area contributed by atoms with E-state index in [1.54, 1.807) is 6.07 Å². The Morgan fingerprint density at radius 2 is 2.11 bits per heavy atom. The minimum Gasteiger partial charge on any atom is -0.506 e. The summed E-state index contributed by atoms with van der Waals surface area (Å²) in [6.07, 6.45) is -0.820. The molecule has 19 heavy (non-hydrogen) atoms. The highest BCUT2D eigenvalue weighted by Crippen LogP contribution is 2.30. The van der Waals surface area contributed by atoms with Crippen LogP contribution in [0.5, 0.6) is 5.75 Å². The van der Waals surface area contributed by atoms with Crippen LogP contribution in [-0.4, -0.2) is 32.8 Å². The van der Waals surface area contributed by atoms with Crippen LogP contribution in [-0.2, 0) is 4.79 Å². The summed E-state index contributed by atoms with van der Waals surface area (Å²) < 4.78 is 0.554. The molecule has 0 aliphatic heterocycles. The molecular weight excluding hydrogens is 272 g/mol. The molecule has 0 radical (unpaired) electrons. The van der Waals surface area contributed by atoms with Crippen LogP contribution in [0, 0.1) is 0 Å². The number of aromatic hydroxyl groups is 1. The number of aliphatic hydroxyl groups is 1. The third kappa shape index (κ3) is 3.78. The van der Waals surface area contributed by atoms with Gasteiger partial charge in [0, 0.05) is 19.0 Å². The molecule has 1 atom stereocenters. The number of carboxylic acid groups (broad SMARTS) is 1. The number of hydrogen-bond donors (Lipinski definition) is 5. The largest absolute Gasteiger partial charge is 0.506 e. The Morgan fingerprint density at radius 3 is 2.63 bits per heavy atom. The van der Waals surface area contributed by atoms with E-state index in [0.717, 1.165) is 18.3 Å². The van der Waals surface area contributed by atoms with Gasteiger partial charge in [0.1, 0.15) is 11.3 Å². The molecular formula is C11H14N2O5S. The van der Waals surface area contributed by atoms with E-state index >= 15 is 0 Å². The first-order valence-corrected chi connectivity index (χ1v) is 6.10. The summed E-state index contributed by atoms with van der Waals surface area (Å²) in [4.78, 5) is 22.4. The number of H-pyrrole nitrogens is 1. The van der Waals surface area contributed by atoms with Gasteiger partial charge in [-0.15, -0.1) is 0 Å². The van der Waals surface area contributed by atoms with Gasteiger partial charge in [0.05, 0.1) is 10.8 Å². The number of rotatable bonds is 2. The third-order valence-corrected chi connectivity index (χ3v) is 3.10. The number of phenolic OH excluding ortho intramolecular Hbond substituents is 1. The molecule has 7 nitrogen and oxygen atoms in total. The van der Waals surface area contributed by atoms with Crippen molar-refractivity contribution in [1.82, 2.24) is 4.98 Å². The Labute approximate surface area is 111 Å². The monoisotopic (exact) mass is 286 g/mol. The van der Waals surface area contributed by atoms with E-state index in [4.69, 9.17) is 15.6 Å². The van der Waals surface area contributed by atoms with Crippen LogP contribution in [0.3, 0.4) is 0 Å². The topological polar surface area (TPSA) is 137 Å². The van der Waals surface area contributed by atoms with Crippen molar-refractivity contribution in [3.05, 3.63) is 27.4 Å². The van der Waals surface area contributed by atoms with Crippen molar-refractivity contribution in [2.45, 2.75) is 13.0 Å². The molecule has 0 saturated heterocycles. The first-order valence-electron chi connectivity index (χ1n) is 5.29. The fourth-order valence-electron chi connectivity index (χ4n) is 1.43. The predicted molar refractivity (Wildman–Crippen MR) is 71.4 cm³/mol. The molecule has 1 aromatic heterocycles. The maximum absolute atomic E-state index is 11.1. The standard InChI is InChI=1S/C9H10N2O3S.C2H4O2/c10-3-6(13)4-1-2-5(12)7-8(4)15-9(14)11-7;1-2(3)4/h1-2,6,12-13H,3,10H2,(H,11,14);1H3,(H,3,4)/t6-;/m0./s1. The Kier molecular flexibility index (Phi) is 5.04. The number of phenols is 1. The summed E-state index contributed by atoms with van der Waals surface area (Å²) in [6, 6.07) is 3.00. The number of nitrogens with one attached hydrogen (secondary N) is 1. The van der Waals surface area contributed by atoms with Crippen LogP contribution in [0.1, 0.15) is 18.6 Å². The molecule has 2 aromatic rings. The van der Waals surface area contributed by atoms with Gasteiger partial charge < -0.3 is 26.0 Å². The van der Waals surface area contributed by atoms with E-state index in [0.29, 0.717) is 15.8 Å². The van der Waals surface area contributed by atoms with Crippen LogP contribution in [0.4, 0.5) is 0 Å². The Bertz CT molecular complexity index is 630. The number of hydrogen-bond acceptors (Lipinski definition) is 6. The molecule has 0 unspecified atom stereocenters. The van der Waals surface area contributed by atoms with Gasteiger partial charge in [-0.3, -0.25) is 9.59 Å². The fraction of sp³-hybridized carbons (Fsp3) is 0.273. The summed E-state index contributed by atoms with van der Waals surface area (Å²) in [5.74, 6) is -0.837. The lowest BCUT2D eigenvalue weighted by Gasteiger charge is -2.08. The smallest absolute Gasteiger partial charge is 0.305 e. The zero-order valence-electron chi connectivity index (χ0n) is 10.1. The number of carboxylic acids is 1. The van der Waals surface area contributed by atoms with E-state index in [2.05, 4.69) is 4.98 Å². The summed E-state index contributed by atoms with van der Waals surface area (Å²) in [7, 11) is 0. The lowest BCUT2D eigenvalue weighted by Crippen LogP contribution is -2.11. The van der Waals surface area contributed by atoms with Crippen molar-refractivity contribution >= 4 is 27.5 Å². The van der Waals surface area contributed by atoms with E-state index in [1.165, 1.54) is 6.07 Å². The Balaban J connectivity index is 0.000000399. The van der Waals surface area contributed by atoms with Crippen LogP contribution in [0.25, 0.3) is 10.2 Å². The van der Waals surface area contributed by atoms with Crippen molar-refractivity contribution in [3.63, 3.8) is 0 Å². The molecule has 1 aromatic carbocycles. The molecule has 0 aliphatic carbocycles. The SMILES string of the molecule is CC(=O)O.NC[C@H](O)c1ccc(O)c2[nH]c(=O)sc12. The summed E-state index contributed by atoms with van der Waals surface area (Å²) >= 11 is 0.950. The number of thiazole rings is 1. The second-order valence-corrected chi connectivity index (χ2v) is 4.65. The summed E-state index contributed by atoms with van der Waals surface area (Å²) in [5.41, 5.74) is 6.26. The number of aromatic amines is 1. The summed E-state index contributed by atoms with van der Waals surface area (Å²) in [5, 5.41) is 26.5. The van der Waals surface area contributed by atoms with Gasteiger partial charge in [0.15, 0.2) is 0 Å². The number of nitrogens with two attached hydrogens (primary N) is 1. The molecule has 0 fully saturated rings. The van der Waals surface area contributed by atoms with Gasteiger partial charge in [-0.1, -0.05) is 17.4 Å². The fourth-order valence-corrected chi connectivity index (χ4v) is 2.35. The van der Waals surface area contributed by atoms with Gasteiger partial charge in [-0.05, 0) is 6.07 Å². The van der Waals surface area contributed by atoms with Gasteiger partial charge in [-0.2, -0.15) is 0 Å². The molecule has 6 N–H and O–H groups in total. The maximum Gasteiger partial charge on any atom is 0.305 e. The Hall–Kier alpha value is -1.90. The van der Waals surface area contributed by atoms with Crippen molar-refractivity contribution in [2.24, 2.45) is 5.73 Å². The molecule has 8 heteroatoms. The van der Waals surface area contributed by atoms with Gasteiger partial charge in [-0.25, -0.2) is 0 Å². The lowest BCUT2D eigenvalue weighted by atomic mass is 10.1. The number of aromatic nitrogens is 1. The van der Waals surface area contributed by atoms with E-state index in [-0.39, 0.29) is 17.2 Å². The van der Waals surface area contributed by atoms with E-state index in [9.17, 15) is 15.0 Å². The number of benzene rings is 1. The minimum absolute atomic E-state index is 0.00341. The van der Waals surface area contributed by atoms with Gasteiger partial charge >= 0.3 is 4.87 Å². The average Bonchev–Trinajstić information content (AvgIpc) is 2.70. The van der Waals surface area contributed by atoms with Crippen LogP contribution < -0.4 is 10.6 Å². The third-order valence-electron chi connectivity index (χ3n) is 2.17. The zero-order chi connectivity index (χ0) is 14.6. The number of carbonyl (C=O) groups is 1. The second kappa shape index (κ2) is 6.32. The van der Waals surface area contributed by atoms with Gasteiger partial charge in [0.25, 0.3) is 5.97 Å². The molecule has 0 spiro atoms. The van der Waals surface area contributed by atoms with E-state index in [1.807, 2.05) is 0 Å². The van der Waals surface area contributed by atoms with Crippen LogP contribution in [0.2, 0.25) is 0 Å². The predicted octanol–water partition coefficient (Wildman–Crippen LogP) is 0.378. The summed E-state index contributed by atoms with van der Waals surface area (Å²) in [6.45, 7) is 1.16. The molecule has 0 aliphatic rings. The first kappa shape index (κ1) is 15.2.